The van der Waals surface area contributed by atoms with Gasteiger partial charge in [0.05, 0.1) is 5.56 Å². The third-order valence-electron chi connectivity index (χ3n) is 6.17. The number of carbonyl (C=O) groups excluding carboxylic acids is 1. The number of halogens is 1. The van der Waals surface area contributed by atoms with Gasteiger partial charge >= 0.3 is 0 Å². The molecule has 1 amide bonds. The van der Waals surface area contributed by atoms with E-state index in [2.05, 4.69) is 10.2 Å². The maximum absolute atomic E-state index is 12.0. The lowest BCUT2D eigenvalue weighted by Crippen LogP contribution is -2.52. The van der Waals surface area contributed by atoms with Crippen molar-refractivity contribution in [2.75, 3.05) is 33.3 Å². The van der Waals surface area contributed by atoms with E-state index < -0.39 is 5.60 Å². The van der Waals surface area contributed by atoms with E-state index in [0.29, 0.717) is 12.1 Å². The maximum Gasteiger partial charge on any atom is 0.254 e. The van der Waals surface area contributed by atoms with E-state index in [1.54, 1.807) is 6.92 Å². The first kappa shape index (κ1) is 22.7. The van der Waals surface area contributed by atoms with Crippen LogP contribution in [0.15, 0.2) is 36.4 Å². The molecule has 2 aromatic rings. The lowest BCUT2D eigenvalue weighted by molar-refractivity contribution is -0.0431. The van der Waals surface area contributed by atoms with Crippen molar-refractivity contribution in [2.24, 2.45) is 0 Å². The number of fused-ring (bicyclic) bond motifs is 1. The lowest BCUT2D eigenvalue weighted by atomic mass is 9.86. The predicted molar refractivity (Wildman–Crippen MR) is 122 cm³/mol. The van der Waals surface area contributed by atoms with Gasteiger partial charge in [0.15, 0.2) is 0 Å². The molecule has 0 aromatic heterocycles. The highest BCUT2D eigenvalue weighted by Crippen LogP contribution is 2.42. The molecule has 1 fully saturated rings. The zero-order chi connectivity index (χ0) is 22.9. The number of ether oxygens (including phenoxy) is 2. The van der Waals surface area contributed by atoms with Crippen LogP contribution in [0.5, 0.6) is 17.2 Å². The molecule has 3 N–H and O–H groups in total. The van der Waals surface area contributed by atoms with E-state index in [0.717, 1.165) is 48.7 Å². The highest BCUT2D eigenvalue weighted by molar-refractivity contribution is 6.30. The van der Waals surface area contributed by atoms with Crippen LogP contribution in [0.25, 0.3) is 0 Å². The van der Waals surface area contributed by atoms with Crippen LogP contribution in [-0.2, 0) is 6.42 Å². The van der Waals surface area contributed by atoms with Gasteiger partial charge in [-0.25, -0.2) is 0 Å². The molecule has 172 valence electrons. The van der Waals surface area contributed by atoms with E-state index in [9.17, 15) is 15.0 Å². The molecule has 7 nitrogen and oxygen atoms in total. The summed E-state index contributed by atoms with van der Waals surface area (Å²) >= 11 is 6.12. The summed E-state index contributed by atoms with van der Waals surface area (Å²) in [7, 11) is 1.53. The average molecular weight is 461 g/mol. The number of phenolic OH excluding ortho intramolecular Hbond substituents is 1. The van der Waals surface area contributed by atoms with E-state index in [1.165, 1.54) is 25.2 Å². The van der Waals surface area contributed by atoms with Crippen LogP contribution in [0.4, 0.5) is 0 Å². The number of nitrogens with zero attached hydrogens (tertiary/aromatic N) is 1. The van der Waals surface area contributed by atoms with Crippen molar-refractivity contribution >= 4 is 17.5 Å². The molecule has 1 spiro atoms. The number of benzene rings is 2. The van der Waals surface area contributed by atoms with Gasteiger partial charge in [-0.3, -0.25) is 4.79 Å². The molecular weight excluding hydrogens is 432 g/mol. The second-order valence-electron chi connectivity index (χ2n) is 9.04. The minimum absolute atomic E-state index is 0.00697. The van der Waals surface area contributed by atoms with Gasteiger partial charge in [0.2, 0.25) is 0 Å². The molecule has 2 aromatic carbocycles. The Bertz CT molecular complexity index is 1000. The molecular formula is C24H29ClN2O5. The van der Waals surface area contributed by atoms with Crippen molar-refractivity contribution in [3.63, 3.8) is 0 Å². The number of phenols is 1. The van der Waals surface area contributed by atoms with E-state index in [1.807, 2.05) is 18.2 Å². The number of likely N-dealkylation sites (tertiary alicyclic amines) is 1. The quantitative estimate of drug-likeness (QED) is 0.614. The summed E-state index contributed by atoms with van der Waals surface area (Å²) < 4.78 is 12.1. The maximum atomic E-state index is 12.0. The molecule has 2 heterocycles. The fourth-order valence-corrected chi connectivity index (χ4v) is 4.71. The summed E-state index contributed by atoms with van der Waals surface area (Å²) in [5.41, 5.74) is 0.127. The topological polar surface area (TPSA) is 91.3 Å². The predicted octanol–water partition coefficient (Wildman–Crippen LogP) is 3.00. The number of piperidine rings is 1. The normalized spacial score (nSPS) is 19.1. The van der Waals surface area contributed by atoms with Gasteiger partial charge in [-0.15, -0.1) is 0 Å². The van der Waals surface area contributed by atoms with Gasteiger partial charge < -0.3 is 29.9 Å². The molecule has 32 heavy (non-hydrogen) atoms. The van der Waals surface area contributed by atoms with Gasteiger partial charge in [0.25, 0.3) is 5.91 Å². The van der Waals surface area contributed by atoms with E-state index in [-0.39, 0.29) is 29.6 Å². The molecule has 0 radical (unpaired) electrons. The Morgan fingerprint density at radius 1 is 1.28 bits per heavy atom. The van der Waals surface area contributed by atoms with Gasteiger partial charge in [-0.2, -0.15) is 0 Å². The molecule has 0 saturated carbocycles. The Labute approximate surface area is 192 Å². The molecule has 1 saturated heterocycles. The molecule has 0 unspecified atom stereocenters. The molecule has 4 rings (SSSR count). The van der Waals surface area contributed by atoms with Crippen LogP contribution in [0.1, 0.15) is 35.7 Å². The fourth-order valence-electron chi connectivity index (χ4n) is 4.51. The number of aromatic hydroxyl groups is 1. The van der Waals surface area contributed by atoms with Crippen LogP contribution in [0, 0.1) is 0 Å². The van der Waals surface area contributed by atoms with Crippen LogP contribution >= 0.6 is 11.6 Å². The van der Waals surface area contributed by atoms with Crippen molar-refractivity contribution in [3.05, 3.63) is 52.5 Å². The Balaban J connectivity index is 1.33. The Morgan fingerprint density at radius 3 is 2.75 bits per heavy atom. The molecule has 2 aliphatic rings. The van der Waals surface area contributed by atoms with E-state index in [4.69, 9.17) is 21.1 Å². The van der Waals surface area contributed by atoms with Crippen molar-refractivity contribution in [2.45, 2.75) is 37.4 Å². The second kappa shape index (κ2) is 8.81. The van der Waals surface area contributed by atoms with Gasteiger partial charge in [0.1, 0.15) is 35.1 Å². The summed E-state index contributed by atoms with van der Waals surface area (Å²) in [4.78, 5) is 14.3. The SMILES string of the molecule is CNC(=O)c1ccc(O)cc1OC[C@](C)(O)CN1CCC2(CC1)Cc1cc(Cl)ccc1O2. The van der Waals surface area contributed by atoms with Crippen LogP contribution in [0.3, 0.4) is 0 Å². The Kier molecular flexibility index (Phi) is 6.25. The summed E-state index contributed by atoms with van der Waals surface area (Å²) in [6, 6.07) is 10.1. The number of nitrogens with one attached hydrogen (secondary N) is 1. The summed E-state index contributed by atoms with van der Waals surface area (Å²) in [5, 5.41) is 24.0. The zero-order valence-electron chi connectivity index (χ0n) is 18.4. The van der Waals surface area contributed by atoms with Crippen molar-refractivity contribution < 1.29 is 24.5 Å². The number of carbonyl (C=O) groups is 1. The standard InChI is InChI=1S/C24H29ClN2O5/c1-23(30,15-31-21-12-18(28)4-5-19(21)22(29)26-2)14-27-9-7-24(8-10-27)13-16-11-17(25)3-6-20(16)32-24/h3-6,11-12,28,30H,7-10,13-15H2,1-2H3,(H,26,29)/t23-/m1/s1. The molecule has 8 heteroatoms. The van der Waals surface area contributed by atoms with Gasteiger partial charge in [-0.1, -0.05) is 11.6 Å². The molecule has 2 aliphatic heterocycles. The van der Waals surface area contributed by atoms with Crippen LogP contribution in [-0.4, -0.2) is 65.5 Å². The summed E-state index contributed by atoms with van der Waals surface area (Å²) in [6.07, 6.45) is 2.59. The summed E-state index contributed by atoms with van der Waals surface area (Å²) in [6.45, 7) is 3.73. The van der Waals surface area contributed by atoms with Gasteiger partial charge in [0, 0.05) is 57.0 Å². The fraction of sp³-hybridized carbons (Fsp3) is 0.458. The lowest BCUT2D eigenvalue weighted by Gasteiger charge is -2.41. The van der Waals surface area contributed by atoms with Crippen molar-refractivity contribution in [1.29, 1.82) is 0 Å². The number of rotatable bonds is 6. The minimum atomic E-state index is -1.14. The first-order valence-corrected chi connectivity index (χ1v) is 11.2. The van der Waals surface area contributed by atoms with E-state index >= 15 is 0 Å². The molecule has 0 bridgehead atoms. The Hall–Kier alpha value is -2.48. The highest BCUT2D eigenvalue weighted by atomic mass is 35.5. The highest BCUT2D eigenvalue weighted by Gasteiger charge is 2.42. The second-order valence-corrected chi connectivity index (χ2v) is 9.47. The molecule has 0 aliphatic carbocycles. The number of aliphatic hydroxyl groups is 1. The van der Waals surface area contributed by atoms with Crippen molar-refractivity contribution in [1.82, 2.24) is 10.2 Å². The average Bonchev–Trinajstić information content (AvgIpc) is 3.10. The van der Waals surface area contributed by atoms with Gasteiger partial charge in [-0.05, 0) is 42.8 Å². The number of amides is 1. The molecule has 1 atom stereocenters. The van der Waals surface area contributed by atoms with Crippen molar-refractivity contribution in [3.8, 4) is 17.2 Å². The largest absolute Gasteiger partial charge is 0.508 e. The minimum Gasteiger partial charge on any atom is -0.508 e. The number of hydrogen-bond donors (Lipinski definition) is 3. The first-order chi connectivity index (χ1) is 15.2. The van der Waals surface area contributed by atoms with Crippen LogP contribution in [0.2, 0.25) is 5.02 Å². The number of hydrogen-bond acceptors (Lipinski definition) is 6. The van der Waals surface area contributed by atoms with Crippen LogP contribution < -0.4 is 14.8 Å². The zero-order valence-corrected chi connectivity index (χ0v) is 19.1. The third-order valence-corrected chi connectivity index (χ3v) is 6.40. The third kappa shape index (κ3) is 4.95. The smallest absolute Gasteiger partial charge is 0.254 e. The number of β-amino-alcohol motifs (C(OH)–C–C–N with tert-alkyl or cyclic N) is 1. The Morgan fingerprint density at radius 2 is 2.03 bits per heavy atom. The first-order valence-electron chi connectivity index (χ1n) is 10.8. The summed E-state index contributed by atoms with van der Waals surface area (Å²) in [5.74, 6) is 0.826. The monoisotopic (exact) mass is 460 g/mol.